The fourth-order valence-corrected chi connectivity index (χ4v) is 2.76. The molecule has 3 rings (SSSR count). The van der Waals surface area contributed by atoms with Crippen molar-refractivity contribution in [1.29, 1.82) is 0 Å². The zero-order valence-corrected chi connectivity index (χ0v) is 10.9. The van der Waals surface area contributed by atoms with E-state index in [2.05, 4.69) is 19.9 Å². The molecule has 0 aromatic carbocycles. The monoisotopic (exact) mass is 266 g/mol. The van der Waals surface area contributed by atoms with Gasteiger partial charge in [0.2, 0.25) is 5.28 Å². The first kappa shape index (κ1) is 11.7. The van der Waals surface area contributed by atoms with E-state index in [1.54, 1.807) is 7.11 Å². The maximum atomic E-state index is 5.98. The minimum atomic E-state index is 0.281. The predicted molar refractivity (Wildman–Crippen MR) is 71.1 cm³/mol. The maximum Gasteiger partial charge on any atom is 0.226 e. The summed E-state index contributed by atoms with van der Waals surface area (Å²) in [5, 5.41) is 1.30. The van der Waals surface area contributed by atoms with E-state index in [0.717, 1.165) is 36.2 Å². The summed E-state index contributed by atoms with van der Waals surface area (Å²) in [6.07, 6.45) is 4.14. The van der Waals surface area contributed by atoms with Gasteiger partial charge in [0.15, 0.2) is 0 Å². The third-order valence-electron chi connectivity index (χ3n) is 3.38. The number of ether oxygens (including phenoxy) is 1. The van der Waals surface area contributed by atoms with Gasteiger partial charge >= 0.3 is 0 Å². The summed E-state index contributed by atoms with van der Waals surface area (Å²) in [4.78, 5) is 13.9. The van der Waals surface area contributed by atoms with E-state index >= 15 is 0 Å². The number of nitrogens with zero attached hydrogens (tertiary/aromatic N) is 3. The van der Waals surface area contributed by atoms with Crippen LogP contribution in [-0.2, 0) is 4.74 Å². The average molecular weight is 267 g/mol. The first-order valence-electron chi connectivity index (χ1n) is 6.06. The molecule has 1 atom stereocenters. The molecule has 2 aromatic heterocycles. The van der Waals surface area contributed by atoms with Gasteiger partial charge in [-0.05, 0) is 30.5 Å². The fraction of sp³-hybridized carbons (Fsp3) is 0.500. The van der Waals surface area contributed by atoms with Gasteiger partial charge < -0.3 is 14.6 Å². The Bertz CT molecular complexity index is 556. The minimum Gasteiger partial charge on any atom is -0.383 e. The standard InChI is InChI=1S/C12H15ClN4O/c1-18-7-8-3-2-6-17(8)11-9-4-5-14-10(9)15-12(13)16-11/h4-5,8H,2-3,6-7H2,1H3,(H,14,15,16)/t8-/m0/s1. The Morgan fingerprint density at radius 2 is 2.44 bits per heavy atom. The van der Waals surface area contributed by atoms with Crippen molar-refractivity contribution < 1.29 is 4.74 Å². The summed E-state index contributed by atoms with van der Waals surface area (Å²) in [5.74, 6) is 0.908. The van der Waals surface area contributed by atoms with E-state index in [9.17, 15) is 0 Å². The van der Waals surface area contributed by atoms with Crippen LogP contribution in [-0.4, -0.2) is 41.3 Å². The van der Waals surface area contributed by atoms with Gasteiger partial charge in [-0.15, -0.1) is 0 Å². The van der Waals surface area contributed by atoms with Crippen LogP contribution in [0.25, 0.3) is 11.0 Å². The van der Waals surface area contributed by atoms with Crippen LogP contribution in [0.15, 0.2) is 12.3 Å². The number of hydrogen-bond acceptors (Lipinski definition) is 4. The zero-order chi connectivity index (χ0) is 12.5. The zero-order valence-electron chi connectivity index (χ0n) is 10.2. The summed E-state index contributed by atoms with van der Waals surface area (Å²) < 4.78 is 5.28. The summed E-state index contributed by atoms with van der Waals surface area (Å²) in [6.45, 7) is 1.70. The van der Waals surface area contributed by atoms with Gasteiger partial charge in [-0.1, -0.05) is 0 Å². The van der Waals surface area contributed by atoms with E-state index in [-0.39, 0.29) is 5.28 Å². The van der Waals surface area contributed by atoms with Gasteiger partial charge in [-0.25, -0.2) is 0 Å². The second kappa shape index (κ2) is 4.74. The molecule has 3 heterocycles. The molecule has 5 nitrogen and oxygen atoms in total. The number of aromatic nitrogens is 3. The smallest absolute Gasteiger partial charge is 0.226 e. The van der Waals surface area contributed by atoms with Gasteiger partial charge in [-0.2, -0.15) is 9.97 Å². The lowest BCUT2D eigenvalue weighted by Gasteiger charge is -2.25. The molecule has 0 amide bonds. The SMILES string of the molecule is COC[C@@H]1CCCN1c1nc(Cl)nc2[nH]ccc12. The minimum absolute atomic E-state index is 0.281. The molecule has 0 saturated carbocycles. The normalized spacial score (nSPS) is 19.9. The lowest BCUT2D eigenvalue weighted by atomic mass is 10.2. The Morgan fingerprint density at radius 3 is 3.28 bits per heavy atom. The Morgan fingerprint density at radius 1 is 1.56 bits per heavy atom. The van der Waals surface area contributed by atoms with Gasteiger partial charge in [0.1, 0.15) is 11.5 Å². The molecule has 0 aliphatic carbocycles. The van der Waals surface area contributed by atoms with E-state index in [4.69, 9.17) is 16.3 Å². The van der Waals surface area contributed by atoms with Crippen molar-refractivity contribution in [2.24, 2.45) is 0 Å². The molecule has 18 heavy (non-hydrogen) atoms. The quantitative estimate of drug-likeness (QED) is 0.866. The van der Waals surface area contributed by atoms with Crippen LogP contribution in [0.3, 0.4) is 0 Å². The first-order valence-corrected chi connectivity index (χ1v) is 6.43. The lowest BCUT2D eigenvalue weighted by Crippen LogP contribution is -2.33. The predicted octanol–water partition coefficient (Wildman–Crippen LogP) is 2.23. The second-order valence-electron chi connectivity index (χ2n) is 4.50. The number of nitrogens with one attached hydrogen (secondary N) is 1. The largest absolute Gasteiger partial charge is 0.383 e. The Balaban J connectivity index is 2.04. The Hall–Kier alpha value is -1.33. The van der Waals surface area contributed by atoms with Crippen LogP contribution in [0.5, 0.6) is 0 Å². The van der Waals surface area contributed by atoms with E-state index in [0.29, 0.717) is 12.6 Å². The third-order valence-corrected chi connectivity index (χ3v) is 3.55. The highest BCUT2D eigenvalue weighted by atomic mass is 35.5. The molecule has 1 saturated heterocycles. The molecular formula is C12H15ClN4O. The molecule has 1 aliphatic heterocycles. The molecule has 1 fully saturated rings. The highest BCUT2D eigenvalue weighted by Gasteiger charge is 2.27. The number of fused-ring (bicyclic) bond motifs is 1. The molecule has 96 valence electrons. The number of methoxy groups -OCH3 is 1. The number of H-pyrrole nitrogens is 1. The second-order valence-corrected chi connectivity index (χ2v) is 4.84. The van der Waals surface area contributed by atoms with Crippen molar-refractivity contribution in [1.82, 2.24) is 15.0 Å². The number of aromatic amines is 1. The molecule has 1 aliphatic rings. The lowest BCUT2D eigenvalue weighted by molar-refractivity contribution is 0.180. The van der Waals surface area contributed by atoms with Crippen molar-refractivity contribution in [3.63, 3.8) is 0 Å². The van der Waals surface area contributed by atoms with Gasteiger partial charge in [0.25, 0.3) is 0 Å². The van der Waals surface area contributed by atoms with Crippen molar-refractivity contribution in [3.05, 3.63) is 17.5 Å². The number of hydrogen-bond donors (Lipinski definition) is 1. The van der Waals surface area contributed by atoms with Crippen LogP contribution in [0, 0.1) is 0 Å². The van der Waals surface area contributed by atoms with Gasteiger partial charge in [0, 0.05) is 19.9 Å². The summed E-state index contributed by atoms with van der Waals surface area (Å²) in [6, 6.07) is 2.36. The van der Waals surface area contributed by atoms with E-state index in [1.807, 2.05) is 12.3 Å². The van der Waals surface area contributed by atoms with E-state index in [1.165, 1.54) is 0 Å². The summed E-state index contributed by atoms with van der Waals surface area (Å²) in [7, 11) is 1.73. The van der Waals surface area contributed by atoms with Crippen LogP contribution in [0.4, 0.5) is 5.82 Å². The highest BCUT2D eigenvalue weighted by molar-refractivity contribution is 6.28. The van der Waals surface area contributed by atoms with Crippen LogP contribution in [0.1, 0.15) is 12.8 Å². The summed E-state index contributed by atoms with van der Waals surface area (Å²) in [5.41, 5.74) is 0.785. The van der Waals surface area contributed by atoms with Crippen LogP contribution < -0.4 is 4.90 Å². The molecule has 6 heteroatoms. The van der Waals surface area contributed by atoms with Gasteiger partial charge in [0.05, 0.1) is 18.0 Å². The molecule has 0 radical (unpaired) electrons. The fourth-order valence-electron chi connectivity index (χ4n) is 2.60. The van der Waals surface area contributed by atoms with Crippen LogP contribution in [0.2, 0.25) is 5.28 Å². The van der Waals surface area contributed by atoms with Crippen molar-refractivity contribution in [3.8, 4) is 0 Å². The highest BCUT2D eigenvalue weighted by Crippen LogP contribution is 2.30. The molecule has 0 bridgehead atoms. The molecule has 0 spiro atoms. The topological polar surface area (TPSA) is 54.0 Å². The van der Waals surface area contributed by atoms with E-state index < -0.39 is 0 Å². The molecular weight excluding hydrogens is 252 g/mol. The third kappa shape index (κ3) is 1.93. The molecule has 1 N–H and O–H groups in total. The molecule has 2 aromatic rings. The maximum absolute atomic E-state index is 5.98. The van der Waals surface area contributed by atoms with Crippen molar-refractivity contribution in [2.45, 2.75) is 18.9 Å². The Kier molecular flexibility index (Phi) is 3.09. The number of anilines is 1. The van der Waals surface area contributed by atoms with Crippen molar-refractivity contribution in [2.75, 3.05) is 25.2 Å². The van der Waals surface area contributed by atoms with Crippen molar-refractivity contribution >= 4 is 28.5 Å². The molecule has 0 unspecified atom stereocenters. The Labute approximate surface area is 110 Å². The average Bonchev–Trinajstić information content (AvgIpc) is 2.96. The number of rotatable bonds is 3. The summed E-state index contributed by atoms with van der Waals surface area (Å²) >= 11 is 5.98. The first-order chi connectivity index (χ1) is 8.79. The number of halogens is 1. The van der Waals surface area contributed by atoms with Crippen LogP contribution >= 0.6 is 11.6 Å². The van der Waals surface area contributed by atoms with Gasteiger partial charge in [-0.3, -0.25) is 0 Å².